The van der Waals surface area contributed by atoms with Crippen molar-refractivity contribution in [1.29, 1.82) is 0 Å². The van der Waals surface area contributed by atoms with Crippen molar-refractivity contribution in [2.45, 2.75) is 39.8 Å². The minimum Gasteiger partial charge on any atom is -0.481 e. The quantitative estimate of drug-likeness (QED) is 0.244. The largest absolute Gasteiger partial charge is 0.481 e. The first-order chi connectivity index (χ1) is 17.3. The summed E-state index contributed by atoms with van der Waals surface area (Å²) < 4.78 is 27.6. The van der Waals surface area contributed by atoms with Crippen LogP contribution >= 0.6 is 0 Å². The van der Waals surface area contributed by atoms with Gasteiger partial charge in [-0.2, -0.15) is 4.39 Å². The zero-order valence-corrected chi connectivity index (χ0v) is 20.4. The lowest BCUT2D eigenvalue weighted by Crippen LogP contribution is -2.23. The maximum absolute atomic E-state index is 14.6. The van der Waals surface area contributed by atoms with Gasteiger partial charge < -0.3 is 9.94 Å². The fourth-order valence-corrected chi connectivity index (χ4v) is 4.43. The Morgan fingerprint density at radius 2 is 2.00 bits per heavy atom. The van der Waals surface area contributed by atoms with Gasteiger partial charge in [-0.15, -0.1) is 0 Å². The van der Waals surface area contributed by atoms with Crippen LogP contribution in [0.25, 0.3) is 11.1 Å². The molecule has 36 heavy (non-hydrogen) atoms. The van der Waals surface area contributed by atoms with Crippen molar-refractivity contribution in [3.8, 4) is 11.1 Å². The van der Waals surface area contributed by atoms with Crippen LogP contribution in [-0.2, 0) is 29.2 Å². The molecular weight excluding hydrogens is 464 g/mol. The van der Waals surface area contributed by atoms with Crippen LogP contribution in [0.1, 0.15) is 42.5 Å². The number of oxime groups is 1. The number of aliphatic carboxylic acids is 1. The second-order valence-electron chi connectivity index (χ2n) is 9.03. The van der Waals surface area contributed by atoms with Crippen LogP contribution in [0.3, 0.4) is 0 Å². The number of carboxylic acids is 1. The first-order valence-corrected chi connectivity index (χ1v) is 12.0. The number of carboxylic acid groups (broad SMARTS) is 1. The maximum atomic E-state index is 14.6. The van der Waals surface area contributed by atoms with E-state index in [4.69, 9.17) is 4.84 Å². The Bertz CT molecular complexity index is 1260. The third kappa shape index (κ3) is 6.12. The van der Waals surface area contributed by atoms with Crippen LogP contribution in [0.15, 0.2) is 59.9 Å². The average molecular weight is 494 g/mol. The van der Waals surface area contributed by atoms with Crippen LogP contribution in [0.4, 0.5) is 8.78 Å². The van der Waals surface area contributed by atoms with Crippen molar-refractivity contribution in [2.75, 3.05) is 13.1 Å². The number of hydrogen-bond donors (Lipinski definition) is 1. The predicted octanol–water partition coefficient (Wildman–Crippen LogP) is 5.44. The second kappa shape index (κ2) is 11.4. The van der Waals surface area contributed by atoms with Crippen LogP contribution < -0.4 is 0 Å². The van der Waals surface area contributed by atoms with Gasteiger partial charge in [0.2, 0.25) is 5.95 Å². The number of nitrogens with zero attached hydrogens (tertiary/aromatic N) is 3. The van der Waals surface area contributed by atoms with Crippen molar-refractivity contribution >= 4 is 11.7 Å². The summed E-state index contributed by atoms with van der Waals surface area (Å²) in [6.07, 6.45) is 2.84. The van der Waals surface area contributed by atoms with E-state index in [-0.39, 0.29) is 12.5 Å². The Morgan fingerprint density at radius 1 is 1.17 bits per heavy atom. The summed E-state index contributed by atoms with van der Waals surface area (Å²) in [5.41, 5.74) is 5.48. The summed E-state index contributed by atoms with van der Waals surface area (Å²) in [5.74, 6) is -2.07. The number of aryl methyl sites for hydroxylation is 1. The molecule has 1 aliphatic rings. The summed E-state index contributed by atoms with van der Waals surface area (Å²) in [4.78, 5) is 22.5. The fourth-order valence-electron chi connectivity index (χ4n) is 4.43. The summed E-state index contributed by atoms with van der Waals surface area (Å²) in [6, 6.07) is 13.6. The normalized spacial score (nSPS) is 16.3. The number of halogens is 2. The highest BCUT2D eigenvalue weighted by Gasteiger charge is 2.28. The maximum Gasteiger partial charge on any atom is 0.307 e. The van der Waals surface area contributed by atoms with E-state index in [0.717, 1.165) is 25.1 Å². The van der Waals surface area contributed by atoms with Gasteiger partial charge in [0.05, 0.1) is 11.6 Å². The number of pyridine rings is 1. The predicted molar refractivity (Wildman–Crippen MR) is 133 cm³/mol. The van der Waals surface area contributed by atoms with Gasteiger partial charge in [0.1, 0.15) is 12.4 Å². The summed E-state index contributed by atoms with van der Waals surface area (Å²) in [6.45, 7) is 6.16. The zero-order valence-electron chi connectivity index (χ0n) is 20.4. The standard InChI is InChI=1S/C28H29F2N3O3/c1-3-20-13-21(5-6-23(20)15-33-11-10-24(16-33)28(34)35)18(2)32-36-17-19-4-8-25(26(29)12-19)22-7-9-27(30)31-14-22/h4-9,12-14,24H,3,10-11,15-17H2,1-2H3,(H,34,35)/b32-18+/t24-/m0/s1. The summed E-state index contributed by atoms with van der Waals surface area (Å²) >= 11 is 0. The minimum absolute atomic E-state index is 0.106. The monoisotopic (exact) mass is 493 g/mol. The first kappa shape index (κ1) is 25.4. The van der Waals surface area contributed by atoms with Crippen LogP contribution in [0.2, 0.25) is 0 Å². The molecule has 8 heteroatoms. The number of carbonyl (C=O) groups is 1. The molecule has 2 aromatic carbocycles. The van der Waals surface area contributed by atoms with E-state index >= 15 is 0 Å². The number of likely N-dealkylation sites (tertiary alicyclic amines) is 1. The molecule has 0 saturated carbocycles. The number of benzene rings is 2. The van der Waals surface area contributed by atoms with Gasteiger partial charge in [-0.3, -0.25) is 9.69 Å². The van der Waals surface area contributed by atoms with E-state index in [1.165, 1.54) is 35.5 Å². The summed E-state index contributed by atoms with van der Waals surface area (Å²) in [5, 5.41) is 13.5. The van der Waals surface area contributed by atoms with Crippen molar-refractivity contribution in [3.63, 3.8) is 0 Å². The van der Waals surface area contributed by atoms with Gasteiger partial charge >= 0.3 is 5.97 Å². The highest BCUT2D eigenvalue weighted by Crippen LogP contribution is 2.24. The molecule has 1 atom stereocenters. The molecule has 0 bridgehead atoms. The molecule has 1 saturated heterocycles. The van der Waals surface area contributed by atoms with E-state index in [1.807, 2.05) is 13.0 Å². The zero-order chi connectivity index (χ0) is 25.7. The van der Waals surface area contributed by atoms with Crippen molar-refractivity contribution in [3.05, 3.63) is 88.7 Å². The third-order valence-electron chi connectivity index (χ3n) is 6.53. The van der Waals surface area contributed by atoms with Gasteiger partial charge in [-0.05, 0) is 72.8 Å². The summed E-state index contributed by atoms with van der Waals surface area (Å²) in [7, 11) is 0. The van der Waals surface area contributed by atoms with Crippen LogP contribution in [0.5, 0.6) is 0 Å². The molecular formula is C28H29F2N3O3. The SMILES string of the molecule is CCc1cc(/C(C)=N/OCc2ccc(-c3ccc(F)nc3)c(F)c2)ccc1CN1CC[C@H](C(=O)O)C1. The van der Waals surface area contributed by atoms with Crippen molar-refractivity contribution < 1.29 is 23.5 Å². The van der Waals surface area contributed by atoms with Gasteiger partial charge in [-0.25, -0.2) is 9.37 Å². The molecule has 1 fully saturated rings. The Hall–Kier alpha value is -3.65. The smallest absolute Gasteiger partial charge is 0.307 e. The minimum atomic E-state index is -0.723. The molecule has 0 amide bonds. The molecule has 188 valence electrons. The Balaban J connectivity index is 1.38. The molecule has 1 aliphatic heterocycles. The van der Waals surface area contributed by atoms with Crippen molar-refractivity contribution in [2.24, 2.45) is 11.1 Å². The van der Waals surface area contributed by atoms with Crippen LogP contribution in [-0.4, -0.2) is 39.8 Å². The Labute approximate surface area is 209 Å². The first-order valence-electron chi connectivity index (χ1n) is 12.0. The lowest BCUT2D eigenvalue weighted by molar-refractivity contribution is -0.141. The molecule has 0 unspecified atom stereocenters. The molecule has 0 spiro atoms. The van der Waals surface area contributed by atoms with E-state index < -0.39 is 17.7 Å². The second-order valence-corrected chi connectivity index (χ2v) is 9.03. The van der Waals surface area contributed by atoms with E-state index in [0.29, 0.717) is 35.4 Å². The van der Waals surface area contributed by atoms with E-state index in [9.17, 15) is 18.7 Å². The Morgan fingerprint density at radius 3 is 2.67 bits per heavy atom. The van der Waals surface area contributed by atoms with Gasteiger partial charge in [0, 0.05) is 30.4 Å². The van der Waals surface area contributed by atoms with Gasteiger partial charge in [0.25, 0.3) is 0 Å². The Kier molecular flexibility index (Phi) is 8.05. The lowest BCUT2D eigenvalue weighted by Gasteiger charge is -2.18. The van der Waals surface area contributed by atoms with E-state index in [2.05, 4.69) is 34.1 Å². The number of hydrogen-bond acceptors (Lipinski definition) is 5. The fraction of sp³-hybridized carbons (Fsp3) is 0.321. The van der Waals surface area contributed by atoms with Gasteiger partial charge in [0.15, 0.2) is 0 Å². The molecule has 1 N–H and O–H groups in total. The number of aromatic nitrogens is 1. The lowest BCUT2D eigenvalue weighted by atomic mass is 9.99. The molecule has 0 aliphatic carbocycles. The average Bonchev–Trinajstić information content (AvgIpc) is 3.34. The third-order valence-corrected chi connectivity index (χ3v) is 6.53. The number of rotatable bonds is 9. The van der Waals surface area contributed by atoms with Crippen LogP contribution in [0, 0.1) is 17.7 Å². The van der Waals surface area contributed by atoms with E-state index in [1.54, 1.807) is 12.1 Å². The molecule has 4 rings (SSSR count). The molecule has 0 radical (unpaired) electrons. The molecule has 1 aromatic heterocycles. The highest BCUT2D eigenvalue weighted by atomic mass is 19.1. The topological polar surface area (TPSA) is 75.0 Å². The molecule has 2 heterocycles. The molecule has 3 aromatic rings. The molecule has 6 nitrogen and oxygen atoms in total. The highest BCUT2D eigenvalue weighted by molar-refractivity contribution is 5.98. The van der Waals surface area contributed by atoms with Gasteiger partial charge in [-0.1, -0.05) is 36.3 Å². The van der Waals surface area contributed by atoms with Crippen molar-refractivity contribution in [1.82, 2.24) is 9.88 Å².